The summed E-state index contributed by atoms with van der Waals surface area (Å²) in [7, 11) is 0. The molecule has 2 N–H and O–H groups in total. The molecule has 1 heterocycles. The molecule has 2 amide bonds. The zero-order valence-corrected chi connectivity index (χ0v) is 16.7. The Labute approximate surface area is 171 Å². The fraction of sp³-hybridized carbons (Fsp3) is 0.435. The summed E-state index contributed by atoms with van der Waals surface area (Å²) in [6.07, 6.45) is 5.82. The van der Waals surface area contributed by atoms with E-state index in [0.717, 1.165) is 50.4 Å². The Kier molecular flexibility index (Phi) is 6.17. The molecular weight excluding hydrogens is 367 g/mol. The molecule has 2 aromatic rings. The molecule has 6 heteroatoms. The summed E-state index contributed by atoms with van der Waals surface area (Å²) in [5.41, 5.74) is 2.60. The molecule has 0 bridgehead atoms. The van der Waals surface area contributed by atoms with Crippen molar-refractivity contribution in [3.05, 3.63) is 54.3 Å². The van der Waals surface area contributed by atoms with Gasteiger partial charge in [0.15, 0.2) is 0 Å². The Morgan fingerprint density at radius 1 is 0.862 bits per heavy atom. The predicted molar refractivity (Wildman–Crippen MR) is 116 cm³/mol. The van der Waals surface area contributed by atoms with Crippen molar-refractivity contribution in [2.75, 3.05) is 41.3 Å². The highest BCUT2D eigenvalue weighted by Gasteiger charge is 2.20. The number of benzene rings is 2. The van der Waals surface area contributed by atoms with E-state index in [1.54, 1.807) is 6.07 Å². The number of carbonyl (C=O) groups is 1. The van der Waals surface area contributed by atoms with Gasteiger partial charge in [-0.2, -0.15) is 0 Å². The minimum atomic E-state index is -0.164. The molecule has 2 aromatic carbocycles. The van der Waals surface area contributed by atoms with E-state index in [1.165, 1.54) is 25.3 Å². The fourth-order valence-corrected chi connectivity index (χ4v) is 4.27. The van der Waals surface area contributed by atoms with Gasteiger partial charge in [0.1, 0.15) is 5.82 Å². The van der Waals surface area contributed by atoms with Crippen LogP contribution in [0.5, 0.6) is 0 Å². The third-order valence-corrected chi connectivity index (χ3v) is 5.90. The molecule has 0 aromatic heterocycles. The monoisotopic (exact) mass is 396 g/mol. The SMILES string of the molecule is O=C(Nc1ccc(N2CCN(c3ccccc3F)CC2)cc1)NC1CCCCC1. The van der Waals surface area contributed by atoms with E-state index in [4.69, 9.17) is 0 Å². The first-order valence-corrected chi connectivity index (χ1v) is 10.6. The van der Waals surface area contributed by atoms with Crippen LogP contribution in [0.3, 0.4) is 0 Å². The van der Waals surface area contributed by atoms with Crippen LogP contribution in [0.25, 0.3) is 0 Å². The van der Waals surface area contributed by atoms with E-state index in [1.807, 2.05) is 36.4 Å². The first-order valence-electron chi connectivity index (χ1n) is 10.6. The summed E-state index contributed by atoms with van der Waals surface area (Å²) >= 11 is 0. The van der Waals surface area contributed by atoms with Gasteiger partial charge < -0.3 is 20.4 Å². The molecule has 1 saturated carbocycles. The summed E-state index contributed by atoms with van der Waals surface area (Å²) < 4.78 is 14.0. The predicted octanol–water partition coefficient (Wildman–Crippen LogP) is 4.61. The van der Waals surface area contributed by atoms with Gasteiger partial charge in [0.05, 0.1) is 5.69 Å². The number of carbonyl (C=O) groups excluding carboxylic acids is 1. The van der Waals surface area contributed by atoms with Gasteiger partial charge >= 0.3 is 6.03 Å². The van der Waals surface area contributed by atoms with Crippen molar-refractivity contribution in [3.63, 3.8) is 0 Å². The van der Waals surface area contributed by atoms with Crippen molar-refractivity contribution in [1.82, 2.24) is 5.32 Å². The van der Waals surface area contributed by atoms with Crippen LogP contribution in [0.15, 0.2) is 48.5 Å². The van der Waals surface area contributed by atoms with Gasteiger partial charge in [0, 0.05) is 43.6 Å². The maximum Gasteiger partial charge on any atom is 0.319 e. The van der Waals surface area contributed by atoms with Crippen LogP contribution in [0, 0.1) is 5.82 Å². The van der Waals surface area contributed by atoms with E-state index in [0.29, 0.717) is 11.7 Å². The van der Waals surface area contributed by atoms with Crippen LogP contribution in [-0.4, -0.2) is 38.3 Å². The Bertz CT molecular complexity index is 812. The lowest BCUT2D eigenvalue weighted by molar-refractivity contribution is 0.244. The molecule has 1 saturated heterocycles. The summed E-state index contributed by atoms with van der Waals surface area (Å²) in [6, 6.07) is 15.1. The van der Waals surface area contributed by atoms with Crippen LogP contribution < -0.4 is 20.4 Å². The molecule has 0 atom stereocenters. The maximum absolute atomic E-state index is 14.0. The zero-order chi connectivity index (χ0) is 20.1. The zero-order valence-electron chi connectivity index (χ0n) is 16.7. The molecule has 0 unspecified atom stereocenters. The second-order valence-electron chi connectivity index (χ2n) is 7.91. The fourth-order valence-electron chi connectivity index (χ4n) is 4.27. The molecule has 2 fully saturated rings. The Balaban J connectivity index is 1.28. The van der Waals surface area contributed by atoms with Crippen molar-refractivity contribution in [3.8, 4) is 0 Å². The number of anilines is 3. The quantitative estimate of drug-likeness (QED) is 0.794. The van der Waals surface area contributed by atoms with E-state index in [9.17, 15) is 9.18 Å². The minimum Gasteiger partial charge on any atom is -0.368 e. The first kappa shape index (κ1) is 19.6. The number of hydrogen-bond acceptors (Lipinski definition) is 3. The number of nitrogens with one attached hydrogen (secondary N) is 2. The first-order chi connectivity index (χ1) is 14.2. The number of urea groups is 1. The van der Waals surface area contributed by atoms with Crippen LogP contribution in [-0.2, 0) is 0 Å². The van der Waals surface area contributed by atoms with Crippen molar-refractivity contribution in [2.24, 2.45) is 0 Å². The molecule has 4 rings (SSSR count). The second-order valence-corrected chi connectivity index (χ2v) is 7.91. The van der Waals surface area contributed by atoms with Crippen LogP contribution in [0.4, 0.5) is 26.2 Å². The van der Waals surface area contributed by atoms with Crippen molar-refractivity contribution in [1.29, 1.82) is 0 Å². The van der Waals surface area contributed by atoms with Gasteiger partial charge in [-0.15, -0.1) is 0 Å². The Morgan fingerprint density at radius 3 is 2.21 bits per heavy atom. The summed E-state index contributed by atoms with van der Waals surface area (Å²) in [4.78, 5) is 16.6. The van der Waals surface area contributed by atoms with Gasteiger partial charge in [-0.3, -0.25) is 0 Å². The number of piperazine rings is 1. The minimum absolute atomic E-state index is 0.122. The van der Waals surface area contributed by atoms with Gasteiger partial charge in [0.25, 0.3) is 0 Å². The second kappa shape index (κ2) is 9.16. The standard InChI is InChI=1S/C23H29FN4O/c24-21-8-4-5-9-22(21)28-16-14-27(15-17-28)20-12-10-19(11-13-20)26-23(29)25-18-6-2-1-3-7-18/h4-5,8-13,18H,1-3,6-7,14-17H2,(H2,25,26,29). The lowest BCUT2D eigenvalue weighted by atomic mass is 9.96. The average Bonchev–Trinajstić information content (AvgIpc) is 2.75. The Hall–Kier alpha value is -2.76. The average molecular weight is 397 g/mol. The van der Waals surface area contributed by atoms with E-state index in [-0.39, 0.29) is 11.8 Å². The smallest absolute Gasteiger partial charge is 0.319 e. The molecule has 1 aliphatic heterocycles. The Morgan fingerprint density at radius 2 is 1.52 bits per heavy atom. The third kappa shape index (κ3) is 5.00. The third-order valence-electron chi connectivity index (χ3n) is 5.90. The number of rotatable bonds is 4. The highest BCUT2D eigenvalue weighted by Crippen LogP contribution is 2.24. The number of halogens is 1. The number of para-hydroxylation sites is 1. The summed E-state index contributed by atoms with van der Waals surface area (Å²) in [5.74, 6) is -0.164. The van der Waals surface area contributed by atoms with Gasteiger partial charge in [0.2, 0.25) is 0 Å². The van der Waals surface area contributed by atoms with E-state index >= 15 is 0 Å². The molecule has 1 aliphatic carbocycles. The summed E-state index contributed by atoms with van der Waals surface area (Å²) in [6.45, 7) is 3.24. The van der Waals surface area contributed by atoms with Gasteiger partial charge in [-0.1, -0.05) is 31.4 Å². The molecule has 0 spiro atoms. The number of nitrogens with zero attached hydrogens (tertiary/aromatic N) is 2. The molecule has 5 nitrogen and oxygen atoms in total. The van der Waals surface area contributed by atoms with E-state index in [2.05, 4.69) is 20.4 Å². The lowest BCUT2D eigenvalue weighted by Crippen LogP contribution is -2.46. The van der Waals surface area contributed by atoms with Crippen LogP contribution in [0.1, 0.15) is 32.1 Å². The number of hydrogen-bond donors (Lipinski definition) is 2. The molecule has 154 valence electrons. The molecule has 0 radical (unpaired) electrons. The molecular formula is C23H29FN4O. The molecule has 2 aliphatic rings. The highest BCUT2D eigenvalue weighted by atomic mass is 19.1. The summed E-state index contributed by atoms with van der Waals surface area (Å²) in [5, 5.41) is 6.01. The maximum atomic E-state index is 14.0. The molecule has 29 heavy (non-hydrogen) atoms. The van der Waals surface area contributed by atoms with Gasteiger partial charge in [-0.05, 0) is 49.2 Å². The van der Waals surface area contributed by atoms with Crippen LogP contribution >= 0.6 is 0 Å². The topological polar surface area (TPSA) is 47.6 Å². The normalized spacial score (nSPS) is 17.8. The highest BCUT2D eigenvalue weighted by molar-refractivity contribution is 5.89. The van der Waals surface area contributed by atoms with Gasteiger partial charge in [-0.25, -0.2) is 9.18 Å². The van der Waals surface area contributed by atoms with Crippen LogP contribution in [0.2, 0.25) is 0 Å². The largest absolute Gasteiger partial charge is 0.368 e. The lowest BCUT2D eigenvalue weighted by Gasteiger charge is -2.37. The van der Waals surface area contributed by atoms with Crippen molar-refractivity contribution in [2.45, 2.75) is 38.1 Å². The number of amides is 2. The van der Waals surface area contributed by atoms with E-state index < -0.39 is 0 Å². The van der Waals surface area contributed by atoms with Crippen molar-refractivity contribution < 1.29 is 9.18 Å². The van der Waals surface area contributed by atoms with Crippen molar-refractivity contribution >= 4 is 23.1 Å².